The molecule has 0 unspecified atom stereocenters. The zero-order valence-corrected chi connectivity index (χ0v) is 11.9. The van der Waals surface area contributed by atoms with Crippen LogP contribution < -0.4 is 0 Å². The molecular weight excluding hydrogens is 270 g/mol. The number of thiocarbonyl (C=S) groups is 1. The van der Waals surface area contributed by atoms with Crippen molar-refractivity contribution in [2.45, 2.75) is 17.5 Å². The third kappa shape index (κ3) is 6.64. The van der Waals surface area contributed by atoms with Gasteiger partial charge in [-0.1, -0.05) is 21.6 Å². The lowest BCUT2D eigenvalue weighted by atomic mass is 10.4. The molecule has 0 radical (unpaired) electrons. The molecule has 2 saturated heterocycles. The minimum atomic E-state index is 0.354. The Hall–Kier alpha value is 1.20. The molecule has 80 valence electrons. The van der Waals surface area contributed by atoms with Crippen LogP contribution in [0.1, 0.15) is 12.8 Å². The molecule has 0 aromatic heterocycles. The van der Waals surface area contributed by atoms with Crippen LogP contribution in [-0.4, -0.2) is 32.9 Å². The van der Waals surface area contributed by atoms with Crippen LogP contribution in [0.15, 0.2) is 4.99 Å². The molecule has 0 saturated carbocycles. The molecule has 0 bridgehead atoms. The molecule has 1 nitrogen and oxygen atoms in total. The van der Waals surface area contributed by atoms with E-state index in [1.54, 1.807) is 0 Å². The van der Waals surface area contributed by atoms with Gasteiger partial charge in [0.05, 0.1) is 5.16 Å². The number of hydrogen-bond donors (Lipinski definition) is 0. The molecule has 0 aliphatic carbocycles. The minimum Gasteiger partial charge on any atom is -0.207 e. The summed E-state index contributed by atoms with van der Waals surface area (Å²) in [5.74, 6) is 5.17. The Kier molecular flexibility index (Phi) is 8.93. The van der Waals surface area contributed by atoms with Gasteiger partial charge in [-0.15, -0.1) is 23.5 Å². The predicted octanol–water partition coefficient (Wildman–Crippen LogP) is 4.01. The molecule has 2 fully saturated rings. The van der Waals surface area contributed by atoms with Crippen LogP contribution in [0, 0.1) is 0 Å². The van der Waals surface area contributed by atoms with Crippen molar-refractivity contribution in [2.75, 3.05) is 23.0 Å². The van der Waals surface area contributed by atoms with E-state index in [4.69, 9.17) is 0 Å². The van der Waals surface area contributed by atoms with Gasteiger partial charge in [-0.3, -0.25) is 0 Å². The van der Waals surface area contributed by atoms with E-state index in [9.17, 15) is 0 Å². The van der Waals surface area contributed by atoms with Crippen molar-refractivity contribution >= 4 is 62.5 Å². The molecule has 2 aliphatic heterocycles. The van der Waals surface area contributed by atoms with Crippen LogP contribution in [0.3, 0.4) is 0 Å². The summed E-state index contributed by atoms with van der Waals surface area (Å²) in [5.41, 5.74) is 0. The fourth-order valence-corrected chi connectivity index (χ4v) is 5.83. The molecule has 2 heterocycles. The third-order valence-electron chi connectivity index (χ3n) is 1.55. The summed E-state index contributed by atoms with van der Waals surface area (Å²) in [6.07, 6.45) is 2.88. The highest BCUT2D eigenvalue weighted by Gasteiger charge is 2.12. The number of hydrogen-bond acceptors (Lipinski definition) is 6. The number of aliphatic imine (C=N–C) groups is 1. The van der Waals surface area contributed by atoms with E-state index >= 15 is 0 Å². The summed E-state index contributed by atoms with van der Waals surface area (Å²) >= 11 is 8.11. The maximum absolute atomic E-state index is 4.45. The first-order valence-corrected chi connectivity index (χ1v) is 9.47. The molecule has 0 aromatic carbocycles. The van der Waals surface area contributed by atoms with Gasteiger partial charge < -0.3 is 0 Å². The van der Waals surface area contributed by atoms with E-state index < -0.39 is 0 Å². The molecule has 0 N–H and O–H groups in total. The molecule has 0 aromatic rings. The van der Waals surface area contributed by atoms with Gasteiger partial charge in [-0.05, 0) is 25.1 Å². The second kappa shape index (κ2) is 9.43. The van der Waals surface area contributed by atoms with Gasteiger partial charge in [0.15, 0.2) is 4.71 Å². The molecule has 2 rings (SSSR count). The van der Waals surface area contributed by atoms with Gasteiger partial charge >= 0.3 is 0 Å². The Balaban J connectivity index is 0.000000146. The Bertz CT molecular complexity index is 171. The summed E-state index contributed by atoms with van der Waals surface area (Å²) in [6, 6.07) is 0. The summed E-state index contributed by atoms with van der Waals surface area (Å²) in [6.45, 7) is 0. The van der Waals surface area contributed by atoms with Crippen molar-refractivity contribution in [3.05, 3.63) is 0 Å². The molecule has 6 heteroatoms. The van der Waals surface area contributed by atoms with Crippen molar-refractivity contribution in [3.63, 3.8) is 0 Å². The van der Waals surface area contributed by atoms with Gasteiger partial charge in [0.2, 0.25) is 0 Å². The highest BCUT2D eigenvalue weighted by Crippen LogP contribution is 2.32. The van der Waals surface area contributed by atoms with E-state index in [0.717, 1.165) is 0 Å². The first-order valence-electron chi connectivity index (χ1n) is 4.48. The van der Waals surface area contributed by atoms with Crippen molar-refractivity contribution in [1.82, 2.24) is 0 Å². The van der Waals surface area contributed by atoms with Crippen molar-refractivity contribution < 1.29 is 0 Å². The highest BCUT2D eigenvalue weighted by molar-refractivity contribution is 8.76. The van der Waals surface area contributed by atoms with E-state index in [0.29, 0.717) is 4.71 Å². The number of thioether (sulfide) groups is 2. The van der Waals surface area contributed by atoms with Gasteiger partial charge in [0.1, 0.15) is 0 Å². The van der Waals surface area contributed by atoms with Crippen molar-refractivity contribution in [2.24, 2.45) is 4.99 Å². The van der Waals surface area contributed by atoms with Crippen molar-refractivity contribution in [1.29, 1.82) is 0 Å². The zero-order chi connectivity index (χ0) is 10.1. The fraction of sp³-hybridized carbons (Fsp3) is 0.875. The summed E-state index contributed by atoms with van der Waals surface area (Å²) in [7, 11) is 4.02. The molecule has 0 spiro atoms. The monoisotopic (exact) mass is 283 g/mol. The Morgan fingerprint density at radius 3 is 1.93 bits per heavy atom. The van der Waals surface area contributed by atoms with Crippen LogP contribution in [0.4, 0.5) is 0 Å². The molecular formula is C8H13NS5. The fourth-order valence-electron chi connectivity index (χ4n) is 0.903. The predicted molar refractivity (Wildman–Crippen MR) is 77.9 cm³/mol. The number of nitrogens with zero attached hydrogens (tertiary/aromatic N) is 1. The molecule has 14 heavy (non-hydrogen) atoms. The van der Waals surface area contributed by atoms with Gasteiger partial charge in [0.25, 0.3) is 0 Å². The van der Waals surface area contributed by atoms with E-state index in [2.05, 4.69) is 22.4 Å². The topological polar surface area (TPSA) is 12.4 Å². The number of rotatable bonds is 1. The maximum Gasteiger partial charge on any atom is 0.151 e. The quantitative estimate of drug-likeness (QED) is 0.408. The number of isothiocyanates is 1. The average Bonchev–Trinajstić information content (AvgIpc) is 2.75. The molecule has 2 aliphatic rings. The first kappa shape index (κ1) is 13.3. The highest BCUT2D eigenvalue weighted by atomic mass is 33.1. The van der Waals surface area contributed by atoms with Crippen LogP contribution >= 0.6 is 57.3 Å². The lowest BCUT2D eigenvalue weighted by molar-refractivity contribution is 0.906. The smallest absolute Gasteiger partial charge is 0.151 e. The molecule has 0 amide bonds. The maximum atomic E-state index is 4.45. The Morgan fingerprint density at radius 2 is 1.57 bits per heavy atom. The van der Waals surface area contributed by atoms with Crippen LogP contribution in [-0.2, 0) is 0 Å². The lowest BCUT2D eigenvalue weighted by Gasteiger charge is -2.04. The first-order chi connectivity index (χ1) is 6.93. The summed E-state index contributed by atoms with van der Waals surface area (Å²) < 4.78 is 0.354. The van der Waals surface area contributed by atoms with Crippen LogP contribution in [0.5, 0.6) is 0 Å². The van der Waals surface area contributed by atoms with Gasteiger partial charge in [-0.2, -0.15) is 0 Å². The SMILES string of the molecule is C1CCSSC1.S=C=NC1SCCS1. The van der Waals surface area contributed by atoms with Crippen molar-refractivity contribution in [3.8, 4) is 0 Å². The van der Waals surface area contributed by atoms with Gasteiger partial charge in [0, 0.05) is 23.0 Å². The Labute approximate surface area is 107 Å². The average molecular weight is 284 g/mol. The zero-order valence-electron chi connectivity index (χ0n) is 7.81. The van der Waals surface area contributed by atoms with E-state index in [-0.39, 0.29) is 0 Å². The second-order valence-corrected chi connectivity index (χ2v) is 8.18. The van der Waals surface area contributed by atoms with E-state index in [1.807, 2.05) is 45.1 Å². The van der Waals surface area contributed by atoms with Crippen LogP contribution in [0.2, 0.25) is 0 Å². The largest absolute Gasteiger partial charge is 0.207 e. The normalized spacial score (nSPS) is 22.0. The Morgan fingerprint density at radius 1 is 1.00 bits per heavy atom. The summed E-state index contributed by atoms with van der Waals surface area (Å²) in [4.78, 5) is 3.91. The van der Waals surface area contributed by atoms with Gasteiger partial charge in [-0.25, -0.2) is 4.99 Å². The lowest BCUT2D eigenvalue weighted by Crippen LogP contribution is -1.86. The van der Waals surface area contributed by atoms with Crippen LogP contribution in [0.25, 0.3) is 0 Å². The second-order valence-electron chi connectivity index (χ2n) is 2.62. The standard InChI is InChI=1S/C4H5NS3.C4H8S2/c6-3-5-4-7-1-2-8-4;1-2-4-6-5-3-1/h4H,1-2H2;1-4H2. The minimum absolute atomic E-state index is 0.354. The summed E-state index contributed by atoms with van der Waals surface area (Å²) in [5, 5.41) is 2.38. The molecule has 0 atom stereocenters. The third-order valence-corrected chi connectivity index (χ3v) is 6.97. The van der Waals surface area contributed by atoms with E-state index in [1.165, 1.54) is 35.9 Å².